The van der Waals surface area contributed by atoms with E-state index in [2.05, 4.69) is 15.4 Å². The predicted octanol–water partition coefficient (Wildman–Crippen LogP) is 3.98. The maximum Gasteiger partial charge on any atom is 0.433 e. The molecule has 1 aromatic carbocycles. The lowest BCUT2D eigenvalue weighted by Gasteiger charge is -2.11. The first-order chi connectivity index (χ1) is 13.8. The number of hydrogen-bond donors (Lipinski definition) is 1. The Balaban J connectivity index is 1.70. The summed E-state index contributed by atoms with van der Waals surface area (Å²) in [6.07, 6.45) is -3.02. The summed E-state index contributed by atoms with van der Waals surface area (Å²) >= 11 is 5.85. The van der Waals surface area contributed by atoms with Crippen LogP contribution in [0.2, 0.25) is 5.02 Å². The Morgan fingerprint density at radius 3 is 2.69 bits per heavy atom. The molecule has 3 aromatic rings. The monoisotopic (exact) mass is 424 g/mol. The van der Waals surface area contributed by atoms with Crippen molar-refractivity contribution < 1.29 is 22.7 Å². The van der Waals surface area contributed by atoms with Crippen molar-refractivity contribution in [2.24, 2.45) is 0 Å². The second-order valence-electron chi connectivity index (χ2n) is 6.68. The highest BCUT2D eigenvalue weighted by Gasteiger charge is 2.35. The molecular weight excluding hydrogens is 409 g/mol. The van der Waals surface area contributed by atoms with E-state index in [0.717, 1.165) is 18.9 Å². The molecule has 0 saturated carbocycles. The van der Waals surface area contributed by atoms with Gasteiger partial charge in [0.1, 0.15) is 0 Å². The Bertz CT molecular complexity index is 1040. The number of carbonyl (C=O) groups is 1. The van der Waals surface area contributed by atoms with Crippen LogP contribution in [-0.4, -0.2) is 39.8 Å². The number of alkyl halides is 3. The molecule has 0 spiro atoms. The van der Waals surface area contributed by atoms with Gasteiger partial charge in [-0.3, -0.25) is 4.79 Å². The van der Waals surface area contributed by atoms with Crippen LogP contribution in [0.1, 0.15) is 29.0 Å². The number of amides is 1. The van der Waals surface area contributed by atoms with Crippen LogP contribution >= 0.6 is 11.6 Å². The standard InChI is InChI=1S/C19H16ClF3N4O2/c20-12-5-3-11(4-6-12)14-8-16(19(21,22)23)27-17(25-14)9-15(26-27)18(28)24-10-13-2-1-7-29-13/h3-6,8-9,13H,1-2,7,10H2,(H,24,28). The molecule has 152 valence electrons. The lowest BCUT2D eigenvalue weighted by molar-refractivity contribution is -0.142. The number of rotatable bonds is 4. The van der Waals surface area contributed by atoms with E-state index in [1.165, 1.54) is 6.07 Å². The number of carbonyl (C=O) groups excluding carboxylic acids is 1. The predicted molar refractivity (Wildman–Crippen MR) is 99.7 cm³/mol. The molecule has 6 nitrogen and oxygen atoms in total. The fourth-order valence-electron chi connectivity index (χ4n) is 3.16. The SMILES string of the molecule is O=C(NCC1CCCO1)c1cc2nc(-c3ccc(Cl)cc3)cc(C(F)(F)F)n2n1. The summed E-state index contributed by atoms with van der Waals surface area (Å²) in [4.78, 5) is 16.6. The number of ether oxygens (including phenoxy) is 1. The maximum atomic E-state index is 13.6. The van der Waals surface area contributed by atoms with Crippen LogP contribution in [0.4, 0.5) is 13.2 Å². The van der Waals surface area contributed by atoms with Crippen LogP contribution in [0, 0.1) is 0 Å². The second-order valence-corrected chi connectivity index (χ2v) is 7.11. The molecule has 1 amide bonds. The average Bonchev–Trinajstić information content (AvgIpc) is 3.34. The summed E-state index contributed by atoms with van der Waals surface area (Å²) in [5.41, 5.74) is -0.674. The number of benzene rings is 1. The molecule has 2 aromatic heterocycles. The summed E-state index contributed by atoms with van der Waals surface area (Å²) < 4.78 is 46.9. The van der Waals surface area contributed by atoms with Gasteiger partial charge in [0, 0.05) is 29.8 Å². The molecule has 3 heterocycles. The zero-order valence-electron chi connectivity index (χ0n) is 15.0. The topological polar surface area (TPSA) is 68.5 Å². The van der Waals surface area contributed by atoms with E-state index in [1.54, 1.807) is 24.3 Å². The molecule has 1 fully saturated rings. The van der Waals surface area contributed by atoms with Crippen molar-refractivity contribution in [2.45, 2.75) is 25.1 Å². The highest BCUT2D eigenvalue weighted by molar-refractivity contribution is 6.30. The largest absolute Gasteiger partial charge is 0.433 e. The van der Waals surface area contributed by atoms with Gasteiger partial charge in [-0.25, -0.2) is 9.50 Å². The maximum absolute atomic E-state index is 13.6. The number of nitrogens with zero attached hydrogens (tertiary/aromatic N) is 3. The fourth-order valence-corrected chi connectivity index (χ4v) is 3.28. The van der Waals surface area contributed by atoms with Crippen LogP contribution < -0.4 is 5.32 Å². The van der Waals surface area contributed by atoms with E-state index in [0.29, 0.717) is 21.7 Å². The average molecular weight is 425 g/mol. The Morgan fingerprint density at radius 1 is 1.28 bits per heavy atom. The van der Waals surface area contributed by atoms with Crippen LogP contribution in [0.15, 0.2) is 36.4 Å². The number of aromatic nitrogens is 3. The van der Waals surface area contributed by atoms with Crippen LogP contribution in [0.5, 0.6) is 0 Å². The first-order valence-electron chi connectivity index (χ1n) is 8.95. The zero-order chi connectivity index (χ0) is 20.6. The van der Waals surface area contributed by atoms with E-state index >= 15 is 0 Å². The smallest absolute Gasteiger partial charge is 0.376 e. The van der Waals surface area contributed by atoms with Gasteiger partial charge in [-0.1, -0.05) is 23.7 Å². The minimum atomic E-state index is -4.68. The number of halogens is 4. The highest BCUT2D eigenvalue weighted by atomic mass is 35.5. The minimum Gasteiger partial charge on any atom is -0.376 e. The molecule has 1 N–H and O–H groups in total. The molecule has 0 aliphatic carbocycles. The van der Waals surface area contributed by atoms with E-state index < -0.39 is 17.8 Å². The molecule has 1 saturated heterocycles. The summed E-state index contributed by atoms with van der Waals surface area (Å²) in [7, 11) is 0. The van der Waals surface area contributed by atoms with Gasteiger partial charge in [-0.2, -0.15) is 18.3 Å². The van der Waals surface area contributed by atoms with Crippen LogP contribution in [0.3, 0.4) is 0 Å². The van der Waals surface area contributed by atoms with Gasteiger partial charge in [-0.05, 0) is 31.0 Å². The van der Waals surface area contributed by atoms with Crippen molar-refractivity contribution in [3.8, 4) is 11.3 Å². The van der Waals surface area contributed by atoms with Crippen molar-refractivity contribution in [1.82, 2.24) is 19.9 Å². The van der Waals surface area contributed by atoms with Crippen molar-refractivity contribution in [3.05, 3.63) is 52.8 Å². The first kappa shape index (κ1) is 19.7. The van der Waals surface area contributed by atoms with E-state index in [1.807, 2.05) is 0 Å². The van der Waals surface area contributed by atoms with Crippen molar-refractivity contribution in [2.75, 3.05) is 13.2 Å². The number of nitrogens with one attached hydrogen (secondary N) is 1. The zero-order valence-corrected chi connectivity index (χ0v) is 15.8. The Kier molecular flexibility index (Phi) is 5.18. The highest BCUT2D eigenvalue weighted by Crippen LogP contribution is 2.32. The Labute approximate surface area is 168 Å². The third-order valence-electron chi connectivity index (χ3n) is 4.60. The fraction of sp³-hybridized carbons (Fsp3) is 0.316. The van der Waals surface area contributed by atoms with E-state index in [-0.39, 0.29) is 29.7 Å². The molecule has 4 rings (SSSR count). The molecule has 0 radical (unpaired) electrons. The van der Waals surface area contributed by atoms with Crippen LogP contribution in [-0.2, 0) is 10.9 Å². The van der Waals surface area contributed by atoms with Crippen LogP contribution in [0.25, 0.3) is 16.9 Å². The number of hydrogen-bond acceptors (Lipinski definition) is 4. The van der Waals surface area contributed by atoms with Gasteiger partial charge in [0.05, 0.1) is 11.8 Å². The molecule has 29 heavy (non-hydrogen) atoms. The molecule has 10 heteroatoms. The Morgan fingerprint density at radius 2 is 2.03 bits per heavy atom. The number of fused-ring (bicyclic) bond motifs is 1. The van der Waals surface area contributed by atoms with Gasteiger partial charge in [0.2, 0.25) is 0 Å². The quantitative estimate of drug-likeness (QED) is 0.688. The summed E-state index contributed by atoms with van der Waals surface area (Å²) in [6.45, 7) is 0.920. The molecular formula is C19H16ClF3N4O2. The summed E-state index contributed by atoms with van der Waals surface area (Å²) in [5.74, 6) is -0.577. The lowest BCUT2D eigenvalue weighted by Crippen LogP contribution is -2.32. The molecule has 0 bridgehead atoms. The Hall–Kier alpha value is -2.65. The summed E-state index contributed by atoms with van der Waals surface area (Å²) in [6, 6.07) is 8.42. The van der Waals surface area contributed by atoms with Gasteiger partial charge in [-0.15, -0.1) is 0 Å². The molecule has 1 aliphatic heterocycles. The molecule has 1 aliphatic rings. The van der Waals surface area contributed by atoms with Crippen molar-refractivity contribution >= 4 is 23.2 Å². The third kappa shape index (κ3) is 4.20. The van der Waals surface area contributed by atoms with Gasteiger partial charge in [0.25, 0.3) is 5.91 Å². The van der Waals surface area contributed by atoms with Gasteiger partial charge >= 0.3 is 6.18 Å². The first-order valence-corrected chi connectivity index (χ1v) is 9.33. The van der Waals surface area contributed by atoms with Crippen molar-refractivity contribution in [1.29, 1.82) is 0 Å². The van der Waals surface area contributed by atoms with E-state index in [4.69, 9.17) is 16.3 Å². The normalized spacial score (nSPS) is 17.0. The van der Waals surface area contributed by atoms with Gasteiger partial charge in [0.15, 0.2) is 17.0 Å². The molecule has 1 atom stereocenters. The third-order valence-corrected chi connectivity index (χ3v) is 4.86. The molecule has 1 unspecified atom stereocenters. The lowest BCUT2D eigenvalue weighted by atomic mass is 10.1. The second kappa shape index (κ2) is 7.64. The summed E-state index contributed by atoms with van der Waals surface area (Å²) in [5, 5.41) is 6.94. The van der Waals surface area contributed by atoms with E-state index in [9.17, 15) is 18.0 Å². The van der Waals surface area contributed by atoms with Gasteiger partial charge < -0.3 is 10.1 Å². The van der Waals surface area contributed by atoms with Crippen molar-refractivity contribution in [3.63, 3.8) is 0 Å². The minimum absolute atomic E-state index is 0.0768.